The molecule has 16 heavy (non-hydrogen) atoms. The lowest BCUT2D eigenvalue weighted by atomic mass is 10.1. The molecule has 1 aromatic carbocycles. The van der Waals surface area contributed by atoms with Gasteiger partial charge in [0.25, 0.3) is 0 Å². The maximum absolute atomic E-state index is 11.3. The van der Waals surface area contributed by atoms with Crippen LogP contribution in [0.2, 0.25) is 5.02 Å². The number of H-pyrrole nitrogens is 1. The number of benzene rings is 1. The predicted octanol–water partition coefficient (Wildman–Crippen LogP) is 1.34. The average Bonchev–Trinajstić information content (AvgIpc) is 2.26. The number of rotatable bonds is 3. The molecular formula is C11H12ClN3O. The van der Waals surface area contributed by atoms with Gasteiger partial charge in [0, 0.05) is 29.1 Å². The largest absolute Gasteiger partial charge is 0.345 e. The molecule has 0 aliphatic carbocycles. The van der Waals surface area contributed by atoms with Crippen LogP contribution in [0.5, 0.6) is 0 Å². The first kappa shape index (κ1) is 11.1. The molecule has 0 aliphatic rings. The summed E-state index contributed by atoms with van der Waals surface area (Å²) in [6, 6.07) is 5.32. The van der Waals surface area contributed by atoms with Crippen molar-refractivity contribution >= 4 is 22.5 Å². The number of aromatic nitrogens is 2. The number of likely N-dealkylation sites (N-methyl/N-ethyl adjacent to an activating group) is 1. The van der Waals surface area contributed by atoms with E-state index >= 15 is 0 Å². The van der Waals surface area contributed by atoms with Crippen LogP contribution < -0.4 is 11.0 Å². The third-order valence-electron chi connectivity index (χ3n) is 2.39. The molecule has 0 atom stereocenters. The topological polar surface area (TPSA) is 57.8 Å². The van der Waals surface area contributed by atoms with Gasteiger partial charge in [0.05, 0.1) is 5.52 Å². The Morgan fingerprint density at radius 3 is 3.06 bits per heavy atom. The summed E-state index contributed by atoms with van der Waals surface area (Å²) >= 11 is 5.93. The third-order valence-corrected chi connectivity index (χ3v) is 2.62. The molecule has 84 valence electrons. The Morgan fingerprint density at radius 1 is 1.50 bits per heavy atom. The van der Waals surface area contributed by atoms with Gasteiger partial charge in [-0.3, -0.25) is 0 Å². The Bertz CT molecular complexity index is 565. The van der Waals surface area contributed by atoms with Gasteiger partial charge in [-0.2, -0.15) is 4.98 Å². The fraction of sp³-hybridized carbons (Fsp3) is 0.273. The minimum absolute atomic E-state index is 0.319. The Balaban J connectivity index is 2.60. The Kier molecular flexibility index (Phi) is 3.22. The minimum Gasteiger partial charge on any atom is -0.319 e. The van der Waals surface area contributed by atoms with E-state index in [9.17, 15) is 4.79 Å². The van der Waals surface area contributed by atoms with Crippen LogP contribution in [0.25, 0.3) is 10.9 Å². The number of hydrogen-bond acceptors (Lipinski definition) is 3. The van der Waals surface area contributed by atoms with Gasteiger partial charge in [-0.15, -0.1) is 0 Å². The molecule has 0 saturated heterocycles. The quantitative estimate of drug-likeness (QED) is 0.847. The van der Waals surface area contributed by atoms with Gasteiger partial charge in [0.2, 0.25) is 0 Å². The third kappa shape index (κ3) is 2.23. The van der Waals surface area contributed by atoms with E-state index in [0.29, 0.717) is 10.5 Å². The highest BCUT2D eigenvalue weighted by Crippen LogP contribution is 2.18. The molecule has 2 rings (SSSR count). The SMILES string of the molecule is CNCCc1[nH]c(=O)nc2ccc(Cl)cc12. The fourth-order valence-electron chi connectivity index (χ4n) is 1.63. The van der Waals surface area contributed by atoms with Crippen molar-refractivity contribution in [3.05, 3.63) is 39.4 Å². The van der Waals surface area contributed by atoms with Crippen molar-refractivity contribution in [3.63, 3.8) is 0 Å². The van der Waals surface area contributed by atoms with Gasteiger partial charge in [-0.25, -0.2) is 4.79 Å². The van der Waals surface area contributed by atoms with E-state index in [4.69, 9.17) is 11.6 Å². The van der Waals surface area contributed by atoms with Crippen LogP contribution in [0.4, 0.5) is 0 Å². The predicted molar refractivity (Wildman–Crippen MR) is 65.0 cm³/mol. The second-order valence-electron chi connectivity index (χ2n) is 3.54. The second kappa shape index (κ2) is 4.63. The molecule has 0 unspecified atom stereocenters. The maximum atomic E-state index is 11.3. The first-order valence-corrected chi connectivity index (χ1v) is 5.41. The minimum atomic E-state index is -0.319. The van der Waals surface area contributed by atoms with Crippen molar-refractivity contribution in [2.75, 3.05) is 13.6 Å². The average molecular weight is 238 g/mol. The number of halogens is 1. The normalized spacial score (nSPS) is 10.9. The molecule has 0 amide bonds. The van der Waals surface area contributed by atoms with Crippen molar-refractivity contribution in [1.82, 2.24) is 15.3 Å². The highest BCUT2D eigenvalue weighted by molar-refractivity contribution is 6.31. The molecule has 5 heteroatoms. The summed E-state index contributed by atoms with van der Waals surface area (Å²) in [7, 11) is 1.87. The smallest absolute Gasteiger partial charge is 0.319 e. The Hall–Kier alpha value is -1.39. The monoisotopic (exact) mass is 237 g/mol. The fourth-order valence-corrected chi connectivity index (χ4v) is 1.80. The maximum Gasteiger partial charge on any atom is 0.345 e. The van der Waals surface area contributed by atoms with E-state index in [0.717, 1.165) is 24.0 Å². The van der Waals surface area contributed by atoms with Crippen LogP contribution in [-0.2, 0) is 6.42 Å². The molecule has 0 bridgehead atoms. The molecule has 0 saturated carbocycles. The van der Waals surface area contributed by atoms with Crippen LogP contribution in [0.15, 0.2) is 23.0 Å². The van der Waals surface area contributed by atoms with Crippen molar-refractivity contribution in [3.8, 4) is 0 Å². The summed E-state index contributed by atoms with van der Waals surface area (Å²) in [5.74, 6) is 0. The van der Waals surface area contributed by atoms with Gasteiger partial charge < -0.3 is 10.3 Å². The molecule has 4 nitrogen and oxygen atoms in total. The number of hydrogen-bond donors (Lipinski definition) is 2. The molecule has 0 spiro atoms. The zero-order valence-electron chi connectivity index (χ0n) is 8.88. The Morgan fingerprint density at radius 2 is 2.31 bits per heavy atom. The molecule has 2 N–H and O–H groups in total. The van der Waals surface area contributed by atoms with E-state index < -0.39 is 0 Å². The van der Waals surface area contributed by atoms with Crippen molar-refractivity contribution in [2.24, 2.45) is 0 Å². The number of fused-ring (bicyclic) bond motifs is 1. The zero-order valence-corrected chi connectivity index (χ0v) is 9.64. The molecular weight excluding hydrogens is 226 g/mol. The zero-order chi connectivity index (χ0) is 11.5. The highest BCUT2D eigenvalue weighted by Gasteiger charge is 2.04. The van der Waals surface area contributed by atoms with Crippen LogP contribution in [-0.4, -0.2) is 23.6 Å². The molecule has 0 fully saturated rings. The molecule has 2 aromatic rings. The van der Waals surface area contributed by atoms with E-state index in [2.05, 4.69) is 15.3 Å². The standard InChI is InChI=1S/C11H12ClN3O/c1-13-5-4-10-8-6-7(12)2-3-9(8)14-11(16)15-10/h2-3,6,13H,4-5H2,1H3,(H,14,15,16). The first-order valence-electron chi connectivity index (χ1n) is 5.04. The van der Waals surface area contributed by atoms with Gasteiger partial charge in [0.15, 0.2) is 0 Å². The van der Waals surface area contributed by atoms with E-state index in [-0.39, 0.29) is 5.69 Å². The van der Waals surface area contributed by atoms with E-state index in [1.807, 2.05) is 13.1 Å². The van der Waals surface area contributed by atoms with Crippen LogP contribution in [0, 0.1) is 0 Å². The summed E-state index contributed by atoms with van der Waals surface area (Å²) in [5, 5.41) is 4.59. The van der Waals surface area contributed by atoms with Crippen molar-refractivity contribution < 1.29 is 0 Å². The van der Waals surface area contributed by atoms with E-state index in [1.165, 1.54) is 0 Å². The summed E-state index contributed by atoms with van der Waals surface area (Å²) in [5.41, 5.74) is 1.23. The molecule has 0 aliphatic heterocycles. The van der Waals surface area contributed by atoms with Crippen molar-refractivity contribution in [1.29, 1.82) is 0 Å². The summed E-state index contributed by atoms with van der Waals surface area (Å²) in [4.78, 5) is 18.0. The molecule has 1 heterocycles. The lowest BCUT2D eigenvalue weighted by Gasteiger charge is -2.05. The van der Waals surface area contributed by atoms with Gasteiger partial charge in [-0.05, 0) is 25.2 Å². The van der Waals surface area contributed by atoms with Crippen molar-refractivity contribution in [2.45, 2.75) is 6.42 Å². The second-order valence-corrected chi connectivity index (χ2v) is 3.97. The van der Waals surface area contributed by atoms with E-state index in [1.54, 1.807) is 12.1 Å². The van der Waals surface area contributed by atoms with Crippen LogP contribution >= 0.6 is 11.6 Å². The number of nitrogens with one attached hydrogen (secondary N) is 2. The summed E-state index contributed by atoms with van der Waals surface area (Å²) in [6.07, 6.45) is 0.741. The van der Waals surface area contributed by atoms with Gasteiger partial charge >= 0.3 is 5.69 Å². The van der Waals surface area contributed by atoms with Crippen LogP contribution in [0.3, 0.4) is 0 Å². The first-order chi connectivity index (χ1) is 7.70. The summed E-state index contributed by atoms with van der Waals surface area (Å²) in [6.45, 7) is 0.793. The molecule has 1 aromatic heterocycles. The Labute approximate surface area is 97.7 Å². The summed E-state index contributed by atoms with van der Waals surface area (Å²) < 4.78 is 0. The lowest BCUT2D eigenvalue weighted by molar-refractivity contribution is 0.775. The van der Waals surface area contributed by atoms with Crippen LogP contribution in [0.1, 0.15) is 5.69 Å². The van der Waals surface area contributed by atoms with Gasteiger partial charge in [0.1, 0.15) is 0 Å². The van der Waals surface area contributed by atoms with Gasteiger partial charge in [-0.1, -0.05) is 11.6 Å². The molecule has 0 radical (unpaired) electrons. The highest BCUT2D eigenvalue weighted by atomic mass is 35.5. The number of aromatic amines is 1. The number of nitrogens with zero attached hydrogens (tertiary/aromatic N) is 1. The lowest BCUT2D eigenvalue weighted by Crippen LogP contribution is -2.17.